The van der Waals surface area contributed by atoms with Crippen LogP contribution in [-0.2, 0) is 25.9 Å². The average Bonchev–Trinajstić information content (AvgIpc) is 1.46. The molecule has 0 atom stereocenters. The molecule has 0 aromatic heterocycles. The van der Waals surface area contributed by atoms with Crippen molar-refractivity contribution in [2.24, 2.45) is 0 Å². The third-order valence-corrected chi connectivity index (χ3v) is 0. The van der Waals surface area contributed by atoms with Crippen molar-refractivity contribution in [3.8, 4) is 0 Å². The molecule has 0 fully saturated rings. The van der Waals surface area contributed by atoms with Crippen LogP contribution >= 0.6 is 27.5 Å². The van der Waals surface area contributed by atoms with Gasteiger partial charge in [-0.05, 0) is 0 Å². The molecular weight excluding hydrogens is 339 g/mol. The summed E-state index contributed by atoms with van der Waals surface area (Å²) in [4.78, 5) is 8.45. The van der Waals surface area contributed by atoms with E-state index in [1.165, 1.54) is 0 Å². The molecule has 0 aliphatic heterocycles. The zero-order valence-electron chi connectivity index (χ0n) is 2.78. The topological polar surface area (TPSA) is 17.1 Å². The van der Waals surface area contributed by atoms with Gasteiger partial charge in [0, 0.05) is 0 Å². The van der Waals surface area contributed by atoms with E-state index in [4.69, 9.17) is 4.79 Å². The van der Waals surface area contributed by atoms with Gasteiger partial charge in [0.05, 0.1) is 0 Å². The molecule has 0 aromatic rings. The van der Waals surface area contributed by atoms with Gasteiger partial charge in [0.25, 0.3) is 0 Å². The smallest absolute Gasteiger partial charge is 0.525 e. The molecule has 0 heterocycles. The summed E-state index contributed by atoms with van der Waals surface area (Å²) in [6.07, 6.45) is 0. The van der Waals surface area contributed by atoms with Gasteiger partial charge >= 0.3 is 21.1 Å². The maximum atomic E-state index is 8.45. The van der Waals surface area contributed by atoms with Crippen molar-refractivity contribution >= 4 is 33.3 Å². The summed E-state index contributed by atoms with van der Waals surface area (Å²) in [5, 5.41) is 0. The number of hydrogen-bond acceptors (Lipinski definition) is 1. The SMILES string of the molecule is O=[C-]Cl.[CH2-]Br.[W+2]. The van der Waals surface area contributed by atoms with Crippen molar-refractivity contribution < 1.29 is 25.9 Å². The number of halogens is 2. The quantitative estimate of drug-likeness (QED) is 0.482. The fraction of sp³-hybridized carbons (Fsp3) is 0. The van der Waals surface area contributed by atoms with E-state index in [2.05, 4.69) is 33.4 Å². The number of hydrogen-bond donors (Lipinski definition) is 0. The van der Waals surface area contributed by atoms with Crippen molar-refractivity contribution in [3.05, 3.63) is 5.83 Å². The molecule has 0 aromatic carbocycles. The molecular formula is C2H2BrClOW. The Morgan fingerprint density at radius 1 is 1.67 bits per heavy atom. The molecule has 36 valence electrons. The maximum absolute atomic E-state index is 8.45. The Labute approximate surface area is 64.8 Å². The summed E-state index contributed by atoms with van der Waals surface area (Å²) < 4.78 is 0. The standard InChI is InChI=1S/CH2Br.CClO.W/c1-2;2-1-3;/h1H2;;/q2*-1;+2. The zero-order valence-corrected chi connectivity index (χ0v) is 8.05. The van der Waals surface area contributed by atoms with Crippen LogP contribution in [0.4, 0.5) is 0 Å². The van der Waals surface area contributed by atoms with Gasteiger partial charge in [-0.15, -0.1) is 0 Å². The fourth-order valence-electron chi connectivity index (χ4n) is 0. The molecule has 0 amide bonds. The summed E-state index contributed by atoms with van der Waals surface area (Å²) in [5.74, 6) is 4.03. The minimum absolute atomic E-state index is 0. The molecule has 0 aliphatic rings. The van der Waals surface area contributed by atoms with Gasteiger partial charge in [-0.1, -0.05) is 0 Å². The zero-order chi connectivity index (χ0) is 4.71. The first-order valence-corrected chi connectivity index (χ1v) is 2.16. The molecule has 0 saturated carbocycles. The van der Waals surface area contributed by atoms with Crippen molar-refractivity contribution in [2.75, 3.05) is 0 Å². The van der Waals surface area contributed by atoms with Crippen molar-refractivity contribution in [1.29, 1.82) is 0 Å². The van der Waals surface area contributed by atoms with E-state index < -0.39 is 0 Å². The van der Waals surface area contributed by atoms with Gasteiger partial charge < -0.3 is 32.3 Å². The summed E-state index contributed by atoms with van der Waals surface area (Å²) in [7, 11) is 0. The predicted molar refractivity (Wildman–Crippen MR) is 25.8 cm³/mol. The minimum Gasteiger partial charge on any atom is -0.525 e. The first-order chi connectivity index (χ1) is 2.41. The Hall–Kier alpha value is 1.13. The summed E-state index contributed by atoms with van der Waals surface area (Å²) in [5.41, 5.74) is 0. The molecule has 0 rings (SSSR count). The monoisotopic (exact) mass is 340 g/mol. The van der Waals surface area contributed by atoms with E-state index in [-0.39, 0.29) is 21.1 Å². The molecule has 0 saturated heterocycles. The van der Waals surface area contributed by atoms with E-state index in [0.717, 1.165) is 5.75 Å². The normalized spacial score (nSPS) is 3.17. The minimum atomic E-state index is 0. The van der Waals surface area contributed by atoms with Crippen LogP contribution in [0.2, 0.25) is 0 Å². The van der Waals surface area contributed by atoms with E-state index in [1.54, 1.807) is 0 Å². The summed E-state index contributed by atoms with van der Waals surface area (Å²) in [6, 6.07) is 0. The van der Waals surface area contributed by atoms with Gasteiger partial charge in [-0.25, -0.2) is 0 Å². The van der Waals surface area contributed by atoms with Crippen LogP contribution in [0.1, 0.15) is 0 Å². The van der Waals surface area contributed by atoms with Crippen LogP contribution in [0, 0.1) is 5.83 Å². The molecule has 0 N–H and O–H groups in total. The van der Waals surface area contributed by atoms with Crippen LogP contribution in [0.15, 0.2) is 0 Å². The largest absolute Gasteiger partial charge is 2.00 e. The van der Waals surface area contributed by atoms with Gasteiger partial charge in [-0.2, -0.15) is 5.75 Å². The molecule has 0 radical (unpaired) electrons. The van der Waals surface area contributed by atoms with Gasteiger partial charge in [0.2, 0.25) is 0 Å². The maximum Gasteiger partial charge on any atom is 2.00 e. The number of carbonyl (C=O) groups excluding carboxylic acids is 1. The van der Waals surface area contributed by atoms with Crippen molar-refractivity contribution in [2.45, 2.75) is 0 Å². The van der Waals surface area contributed by atoms with Crippen LogP contribution in [0.25, 0.3) is 0 Å². The van der Waals surface area contributed by atoms with Crippen LogP contribution in [-0.4, -0.2) is 5.75 Å². The van der Waals surface area contributed by atoms with Crippen molar-refractivity contribution in [3.63, 3.8) is 0 Å². The molecule has 0 spiro atoms. The predicted octanol–water partition coefficient (Wildman–Crippen LogP) is 1.46. The van der Waals surface area contributed by atoms with E-state index in [1.807, 2.05) is 0 Å². The molecule has 1 nitrogen and oxygen atoms in total. The number of rotatable bonds is 0. The Kier molecular flexibility index (Phi) is 93.2. The van der Waals surface area contributed by atoms with Gasteiger partial charge in [-0.3, -0.25) is 5.83 Å². The van der Waals surface area contributed by atoms with Crippen LogP contribution in [0.3, 0.4) is 0 Å². The summed E-state index contributed by atoms with van der Waals surface area (Å²) >= 11 is 6.88. The van der Waals surface area contributed by atoms with Gasteiger partial charge in [0.1, 0.15) is 0 Å². The Morgan fingerprint density at radius 3 is 1.67 bits per heavy atom. The third kappa shape index (κ3) is 68.7. The summed E-state index contributed by atoms with van der Waals surface area (Å²) in [6.45, 7) is 0. The molecule has 0 unspecified atom stereocenters. The van der Waals surface area contributed by atoms with Crippen LogP contribution in [0.5, 0.6) is 0 Å². The molecule has 6 heavy (non-hydrogen) atoms. The Balaban J connectivity index is -0.0000000275. The second-order valence-corrected chi connectivity index (χ2v) is 0.231. The molecule has 4 heteroatoms. The molecule has 0 bridgehead atoms. The Bertz CT molecular complexity index is 21.0. The average molecular weight is 341 g/mol. The third-order valence-electron chi connectivity index (χ3n) is 0. The fourth-order valence-corrected chi connectivity index (χ4v) is 0. The van der Waals surface area contributed by atoms with Crippen molar-refractivity contribution in [1.82, 2.24) is 0 Å². The first-order valence-electron chi connectivity index (χ1n) is 0.660. The molecule has 0 aliphatic carbocycles. The van der Waals surface area contributed by atoms with E-state index in [0.29, 0.717) is 0 Å². The Morgan fingerprint density at radius 2 is 1.67 bits per heavy atom. The second kappa shape index (κ2) is 35.6. The van der Waals surface area contributed by atoms with Crippen LogP contribution < -0.4 is 0 Å². The first kappa shape index (κ1) is 15.7. The van der Waals surface area contributed by atoms with E-state index in [9.17, 15) is 0 Å². The van der Waals surface area contributed by atoms with E-state index >= 15 is 0 Å². The van der Waals surface area contributed by atoms with Gasteiger partial charge in [0.15, 0.2) is 0 Å². The second-order valence-electron chi connectivity index (χ2n) is 0.0772.